The van der Waals surface area contributed by atoms with Crippen LogP contribution >= 0.6 is 0 Å². The van der Waals surface area contributed by atoms with Crippen LogP contribution in [0, 0.1) is 10.1 Å². The molecule has 0 unspecified atom stereocenters. The fourth-order valence-electron chi connectivity index (χ4n) is 2.21. The zero-order valence-corrected chi connectivity index (χ0v) is 12.6. The highest BCUT2D eigenvalue weighted by Crippen LogP contribution is 2.30. The summed E-state index contributed by atoms with van der Waals surface area (Å²) in [4.78, 5) is 22.8. The fraction of sp³-hybridized carbons (Fsp3) is 0.333. The number of carbonyl (C=O) groups is 1. The Balaban J connectivity index is 2.59. The maximum absolute atomic E-state index is 12.0. The SMILES string of the molecule is COC(=O)c1c([N+](=O)[O-])c(C(C)C)nn1Cc1ccccc1. The summed E-state index contributed by atoms with van der Waals surface area (Å²) in [5.41, 5.74) is 0.763. The second kappa shape index (κ2) is 6.38. The minimum Gasteiger partial charge on any atom is -0.464 e. The van der Waals surface area contributed by atoms with E-state index in [0.29, 0.717) is 0 Å². The molecule has 0 spiro atoms. The van der Waals surface area contributed by atoms with Gasteiger partial charge in [0.05, 0.1) is 18.6 Å². The van der Waals surface area contributed by atoms with Gasteiger partial charge in [-0.3, -0.25) is 10.1 Å². The summed E-state index contributed by atoms with van der Waals surface area (Å²) in [5, 5.41) is 15.6. The number of hydrogen-bond donors (Lipinski definition) is 0. The van der Waals surface area contributed by atoms with Crippen LogP contribution in [0.5, 0.6) is 0 Å². The van der Waals surface area contributed by atoms with Crippen molar-refractivity contribution in [3.05, 3.63) is 57.4 Å². The highest BCUT2D eigenvalue weighted by Gasteiger charge is 2.34. The van der Waals surface area contributed by atoms with Crippen LogP contribution in [-0.2, 0) is 11.3 Å². The van der Waals surface area contributed by atoms with Gasteiger partial charge in [0.25, 0.3) is 0 Å². The van der Waals surface area contributed by atoms with E-state index in [1.807, 2.05) is 30.3 Å². The molecule has 0 aliphatic rings. The van der Waals surface area contributed by atoms with Gasteiger partial charge in [-0.2, -0.15) is 5.10 Å². The van der Waals surface area contributed by atoms with E-state index in [9.17, 15) is 14.9 Å². The number of esters is 1. The van der Waals surface area contributed by atoms with Gasteiger partial charge in [-0.1, -0.05) is 44.2 Å². The van der Waals surface area contributed by atoms with Crippen LogP contribution in [0.1, 0.15) is 41.5 Å². The van der Waals surface area contributed by atoms with Gasteiger partial charge in [-0.25, -0.2) is 9.48 Å². The fourth-order valence-corrected chi connectivity index (χ4v) is 2.21. The first-order chi connectivity index (χ1) is 10.5. The van der Waals surface area contributed by atoms with Gasteiger partial charge in [-0.15, -0.1) is 0 Å². The summed E-state index contributed by atoms with van der Waals surface area (Å²) in [6, 6.07) is 9.31. The van der Waals surface area contributed by atoms with Gasteiger partial charge < -0.3 is 4.74 Å². The van der Waals surface area contributed by atoms with Crippen LogP contribution < -0.4 is 0 Å². The van der Waals surface area contributed by atoms with E-state index in [1.165, 1.54) is 11.8 Å². The molecule has 1 heterocycles. The van der Waals surface area contributed by atoms with Crippen molar-refractivity contribution in [2.45, 2.75) is 26.3 Å². The molecule has 1 aromatic heterocycles. The standard InChI is InChI=1S/C15H17N3O4/c1-10(2)12-13(18(20)21)14(15(19)22-3)17(16-12)9-11-7-5-4-6-8-11/h4-8,10H,9H2,1-3H3. The Hall–Kier alpha value is -2.70. The third kappa shape index (κ3) is 2.98. The van der Waals surface area contributed by atoms with E-state index in [1.54, 1.807) is 13.8 Å². The summed E-state index contributed by atoms with van der Waals surface area (Å²) in [6.45, 7) is 3.85. The maximum Gasteiger partial charge on any atom is 0.363 e. The normalized spacial score (nSPS) is 10.7. The molecule has 2 aromatic rings. The number of methoxy groups -OCH3 is 1. The lowest BCUT2D eigenvalue weighted by molar-refractivity contribution is -0.386. The Kier molecular flexibility index (Phi) is 4.55. The van der Waals surface area contributed by atoms with Gasteiger partial charge in [0.1, 0.15) is 5.69 Å². The molecule has 1 aromatic carbocycles. The molecule has 0 aliphatic heterocycles. The Bertz CT molecular complexity index is 692. The predicted molar refractivity (Wildman–Crippen MR) is 79.9 cm³/mol. The largest absolute Gasteiger partial charge is 0.464 e. The molecule has 0 amide bonds. The van der Waals surface area contributed by atoms with Gasteiger partial charge in [0.2, 0.25) is 5.69 Å². The van der Waals surface area contributed by atoms with Crippen molar-refractivity contribution < 1.29 is 14.5 Å². The summed E-state index contributed by atoms with van der Waals surface area (Å²) in [5.74, 6) is -0.942. The van der Waals surface area contributed by atoms with Crippen molar-refractivity contribution in [1.29, 1.82) is 0 Å². The zero-order chi connectivity index (χ0) is 16.3. The van der Waals surface area contributed by atoms with Crippen LogP contribution in [0.2, 0.25) is 0 Å². The van der Waals surface area contributed by atoms with Crippen molar-refractivity contribution in [2.75, 3.05) is 7.11 Å². The smallest absolute Gasteiger partial charge is 0.363 e. The molecule has 0 aliphatic carbocycles. The van der Waals surface area contributed by atoms with E-state index >= 15 is 0 Å². The van der Waals surface area contributed by atoms with Crippen LogP contribution in [0.4, 0.5) is 5.69 Å². The number of aromatic nitrogens is 2. The first-order valence-electron chi connectivity index (χ1n) is 6.83. The third-order valence-electron chi connectivity index (χ3n) is 3.24. The first-order valence-corrected chi connectivity index (χ1v) is 6.83. The lowest BCUT2D eigenvalue weighted by Crippen LogP contribution is -2.14. The number of benzene rings is 1. The van der Waals surface area contributed by atoms with Crippen molar-refractivity contribution in [2.24, 2.45) is 0 Å². The van der Waals surface area contributed by atoms with Crippen LogP contribution in [0.15, 0.2) is 30.3 Å². The number of hydrogen-bond acceptors (Lipinski definition) is 5. The number of carbonyl (C=O) groups excluding carboxylic acids is 1. The Morgan fingerprint density at radius 1 is 1.36 bits per heavy atom. The van der Waals surface area contributed by atoms with E-state index in [4.69, 9.17) is 4.74 Å². The van der Waals surface area contributed by atoms with E-state index in [0.717, 1.165) is 5.56 Å². The minimum atomic E-state index is -0.762. The quantitative estimate of drug-likeness (QED) is 0.481. The van der Waals surface area contributed by atoms with Crippen molar-refractivity contribution in [1.82, 2.24) is 9.78 Å². The average Bonchev–Trinajstić information content (AvgIpc) is 2.87. The van der Waals surface area contributed by atoms with Gasteiger partial charge in [0.15, 0.2) is 0 Å². The molecule has 22 heavy (non-hydrogen) atoms. The lowest BCUT2D eigenvalue weighted by Gasteiger charge is -2.05. The van der Waals surface area contributed by atoms with Crippen molar-refractivity contribution in [3.8, 4) is 0 Å². The summed E-state index contributed by atoms with van der Waals surface area (Å²) >= 11 is 0. The predicted octanol–water partition coefficient (Wildman–Crippen LogP) is 2.75. The van der Waals surface area contributed by atoms with E-state index < -0.39 is 10.9 Å². The van der Waals surface area contributed by atoms with Crippen LogP contribution in [-0.4, -0.2) is 27.8 Å². The van der Waals surface area contributed by atoms with Crippen LogP contribution in [0.25, 0.3) is 0 Å². The molecular weight excluding hydrogens is 286 g/mol. The topological polar surface area (TPSA) is 87.3 Å². The number of ether oxygens (including phenoxy) is 1. The average molecular weight is 303 g/mol. The molecule has 0 saturated carbocycles. The molecule has 2 rings (SSSR count). The molecule has 7 heteroatoms. The maximum atomic E-state index is 12.0. The molecule has 0 saturated heterocycles. The Morgan fingerprint density at radius 3 is 2.50 bits per heavy atom. The highest BCUT2D eigenvalue weighted by atomic mass is 16.6. The summed E-state index contributed by atoms with van der Waals surface area (Å²) < 4.78 is 6.04. The number of rotatable bonds is 5. The molecule has 116 valence electrons. The van der Waals surface area contributed by atoms with Crippen molar-refractivity contribution in [3.63, 3.8) is 0 Å². The van der Waals surface area contributed by atoms with Gasteiger partial charge in [0, 0.05) is 5.92 Å². The molecule has 0 bridgehead atoms. The van der Waals surface area contributed by atoms with E-state index in [-0.39, 0.29) is 29.5 Å². The van der Waals surface area contributed by atoms with Crippen LogP contribution in [0.3, 0.4) is 0 Å². The van der Waals surface area contributed by atoms with Gasteiger partial charge in [-0.05, 0) is 5.56 Å². The second-order valence-corrected chi connectivity index (χ2v) is 5.13. The highest BCUT2D eigenvalue weighted by molar-refractivity contribution is 5.92. The summed E-state index contributed by atoms with van der Waals surface area (Å²) in [6.07, 6.45) is 0. The molecular formula is C15H17N3O4. The Labute approximate surface area is 127 Å². The van der Waals surface area contributed by atoms with Gasteiger partial charge >= 0.3 is 11.7 Å². The molecule has 0 N–H and O–H groups in total. The number of nitrogens with zero attached hydrogens (tertiary/aromatic N) is 3. The zero-order valence-electron chi connectivity index (χ0n) is 12.6. The first kappa shape index (κ1) is 15.7. The second-order valence-electron chi connectivity index (χ2n) is 5.13. The monoisotopic (exact) mass is 303 g/mol. The molecule has 0 fully saturated rings. The Morgan fingerprint density at radius 2 is 2.00 bits per heavy atom. The van der Waals surface area contributed by atoms with E-state index in [2.05, 4.69) is 5.10 Å². The lowest BCUT2D eigenvalue weighted by atomic mass is 10.1. The van der Waals surface area contributed by atoms with Crippen molar-refractivity contribution >= 4 is 11.7 Å². The minimum absolute atomic E-state index is 0.125. The third-order valence-corrected chi connectivity index (χ3v) is 3.24. The molecule has 0 atom stereocenters. The summed E-state index contributed by atoms with van der Waals surface area (Å²) in [7, 11) is 1.20. The number of nitro groups is 1. The molecule has 7 nitrogen and oxygen atoms in total. The molecule has 0 radical (unpaired) electrons.